The number of nitrogens with two attached hydrogens (primary N) is 1. The number of hydrogen-bond donors (Lipinski definition) is 10. The summed E-state index contributed by atoms with van der Waals surface area (Å²) in [6, 6.07) is -3.70. The number of aliphatic hydroxyl groups excluding tert-OH is 2. The molecule has 0 saturated heterocycles. The number of carbonyl (C=O) groups is 6. The Morgan fingerprint density at radius 1 is 1.10 bits per heavy atom. The van der Waals surface area contributed by atoms with E-state index in [1.165, 1.54) is 19.4 Å². The van der Waals surface area contributed by atoms with Crippen molar-refractivity contribution in [1.29, 1.82) is 0 Å². The lowest BCUT2D eigenvalue weighted by Gasteiger charge is -2.23. The van der Waals surface area contributed by atoms with E-state index < -0.39 is 105 Å². The smallest absolute Gasteiger partial charge is 0.505 e. The Labute approximate surface area is 271 Å². The van der Waals surface area contributed by atoms with Gasteiger partial charge in [0, 0.05) is 18.3 Å². The van der Waals surface area contributed by atoms with Crippen LogP contribution in [-0.4, -0.2) is 114 Å². The van der Waals surface area contributed by atoms with Crippen molar-refractivity contribution in [2.45, 2.75) is 75.8 Å². The number of carboxylic acid groups (broad SMARTS) is 1. The number of nitrogens with one attached hydrogen (secondary N) is 4. The monoisotopic (exact) mass is 708 g/mol. The zero-order valence-electron chi connectivity index (χ0n) is 25.4. The van der Waals surface area contributed by atoms with Gasteiger partial charge in [-0.2, -0.15) is 0 Å². The van der Waals surface area contributed by atoms with Gasteiger partial charge in [0.25, 0.3) is 5.76 Å². The average Bonchev–Trinajstić information content (AvgIpc) is 3.63. The standard InChI is InChI=1S/C25H37N6O16P/c1-12(22(36)29-14(4-2-3-7-26)23(37)30-15(24(38)39)8-13-9-27-11-28-13)31-46-18(34)6-5-17(33)44-10-16(32)20-19(35)21(25(40)45-20)47-48(41,42)43/h9,11-12,14-16,20,31-32,35H,2-8,10,26H2,1H3,(H,27,28)(H,29,36)(H,30,37)(H,38,39)(H2,41,42,43). The highest BCUT2D eigenvalue weighted by Crippen LogP contribution is 2.42. The number of imidazole rings is 1. The van der Waals surface area contributed by atoms with Gasteiger partial charge in [-0.25, -0.2) is 19.1 Å². The summed E-state index contributed by atoms with van der Waals surface area (Å²) in [7, 11) is -5.24. The number of carboxylic acids is 1. The fourth-order valence-corrected chi connectivity index (χ4v) is 4.28. The molecule has 1 aromatic rings. The second kappa shape index (κ2) is 18.7. The van der Waals surface area contributed by atoms with Gasteiger partial charge in [-0.15, -0.1) is 5.48 Å². The summed E-state index contributed by atoms with van der Waals surface area (Å²) < 4.78 is 24.2. The van der Waals surface area contributed by atoms with E-state index in [1.807, 2.05) is 0 Å². The number of hydrogen-bond acceptors (Lipinski definition) is 16. The molecule has 1 aromatic heterocycles. The van der Waals surface area contributed by atoms with Gasteiger partial charge in [-0.1, -0.05) is 0 Å². The number of aromatic amines is 1. The van der Waals surface area contributed by atoms with Gasteiger partial charge in [0.1, 0.15) is 30.8 Å². The second-order valence-corrected chi connectivity index (χ2v) is 11.4. The van der Waals surface area contributed by atoms with E-state index in [4.69, 9.17) is 25.1 Å². The van der Waals surface area contributed by atoms with Crippen LogP contribution in [0.4, 0.5) is 0 Å². The number of cyclic esters (lactones) is 1. The maximum Gasteiger partial charge on any atom is 0.525 e. The van der Waals surface area contributed by atoms with Crippen molar-refractivity contribution < 1.29 is 77.3 Å². The quantitative estimate of drug-likeness (QED) is 0.0201. The Morgan fingerprint density at radius 2 is 1.77 bits per heavy atom. The number of aliphatic hydroxyl groups is 2. The highest BCUT2D eigenvalue weighted by Gasteiger charge is 2.43. The zero-order chi connectivity index (χ0) is 36.0. The lowest BCUT2D eigenvalue weighted by Crippen LogP contribution is -2.55. The highest BCUT2D eigenvalue weighted by molar-refractivity contribution is 7.46. The summed E-state index contributed by atoms with van der Waals surface area (Å²) in [6.07, 6.45) is -1.18. The van der Waals surface area contributed by atoms with Crippen LogP contribution in [0.15, 0.2) is 24.0 Å². The van der Waals surface area contributed by atoms with Gasteiger partial charge in [0.2, 0.25) is 11.8 Å². The first kappa shape index (κ1) is 39.6. The molecule has 0 aliphatic carbocycles. The van der Waals surface area contributed by atoms with Crippen LogP contribution in [0.5, 0.6) is 0 Å². The number of esters is 2. The maximum atomic E-state index is 12.9. The Bertz CT molecular complexity index is 1380. The van der Waals surface area contributed by atoms with Gasteiger partial charge in [-0.3, -0.25) is 29.0 Å². The van der Waals surface area contributed by atoms with Crippen LogP contribution < -0.4 is 21.8 Å². The van der Waals surface area contributed by atoms with E-state index >= 15 is 0 Å². The summed E-state index contributed by atoms with van der Waals surface area (Å²) >= 11 is 0. The number of carbonyl (C=O) groups excluding carboxylic acids is 5. The Morgan fingerprint density at radius 3 is 2.38 bits per heavy atom. The number of H-pyrrole nitrogens is 1. The molecule has 5 atom stereocenters. The fraction of sp³-hybridized carbons (Fsp3) is 0.560. The van der Waals surface area contributed by atoms with Crippen LogP contribution in [0.25, 0.3) is 0 Å². The fourth-order valence-electron chi connectivity index (χ4n) is 3.87. The zero-order valence-corrected chi connectivity index (χ0v) is 26.3. The molecule has 23 heteroatoms. The highest BCUT2D eigenvalue weighted by atomic mass is 31.2. The largest absolute Gasteiger partial charge is 0.525 e. The molecule has 0 spiro atoms. The van der Waals surface area contributed by atoms with Crippen LogP contribution >= 0.6 is 7.82 Å². The number of rotatable bonds is 21. The first-order valence-corrected chi connectivity index (χ1v) is 15.7. The maximum absolute atomic E-state index is 12.9. The number of unbranched alkanes of at least 4 members (excludes halogenated alkanes) is 1. The van der Waals surface area contributed by atoms with Crippen LogP contribution in [0, 0.1) is 0 Å². The summed E-state index contributed by atoms with van der Waals surface area (Å²) in [5.41, 5.74) is 8.13. The molecule has 0 radical (unpaired) electrons. The molecule has 1 aliphatic heterocycles. The summed E-state index contributed by atoms with van der Waals surface area (Å²) in [6.45, 7) is 0.739. The van der Waals surface area contributed by atoms with Crippen molar-refractivity contribution in [2.24, 2.45) is 5.73 Å². The SMILES string of the molecule is CC(NOC(=O)CCC(=O)OCC(O)C1OC(=O)C(OP(=O)(O)O)=C1O)C(=O)NC(CCCCN)C(=O)NC(Cc1cnc[nH]1)C(=O)O. The van der Waals surface area contributed by atoms with Crippen LogP contribution in [-0.2, 0) is 58.6 Å². The number of ether oxygens (including phenoxy) is 2. The first-order chi connectivity index (χ1) is 22.5. The van der Waals surface area contributed by atoms with E-state index in [-0.39, 0.29) is 12.8 Å². The number of phosphoric acid groups is 1. The second-order valence-electron chi connectivity index (χ2n) is 10.2. The Kier molecular flexibility index (Phi) is 15.4. The minimum Gasteiger partial charge on any atom is -0.505 e. The summed E-state index contributed by atoms with van der Waals surface area (Å²) in [4.78, 5) is 102. The number of hydroxylamine groups is 1. The van der Waals surface area contributed by atoms with Gasteiger partial charge in [-0.05, 0) is 32.7 Å². The summed E-state index contributed by atoms with van der Waals surface area (Å²) in [5, 5.41) is 34.3. The molecule has 2 rings (SSSR count). The van der Waals surface area contributed by atoms with Gasteiger partial charge in [0.15, 0.2) is 11.9 Å². The van der Waals surface area contributed by atoms with Crippen LogP contribution in [0.3, 0.4) is 0 Å². The van der Waals surface area contributed by atoms with Crippen molar-refractivity contribution in [1.82, 2.24) is 26.1 Å². The molecular weight excluding hydrogens is 671 g/mol. The minimum atomic E-state index is -5.24. The normalized spacial score (nSPS) is 17.0. The van der Waals surface area contributed by atoms with Gasteiger partial charge in [0.05, 0.1) is 19.2 Å². The molecule has 48 heavy (non-hydrogen) atoms. The third-order valence-electron chi connectivity index (χ3n) is 6.35. The Balaban J connectivity index is 1.81. The van der Waals surface area contributed by atoms with E-state index in [9.17, 15) is 48.7 Å². The number of phosphoric ester groups is 1. The van der Waals surface area contributed by atoms with Crippen LogP contribution in [0.1, 0.15) is 44.7 Å². The van der Waals surface area contributed by atoms with Gasteiger partial charge >= 0.3 is 31.7 Å². The lowest BCUT2D eigenvalue weighted by molar-refractivity contribution is -0.160. The van der Waals surface area contributed by atoms with E-state index in [0.717, 1.165) is 0 Å². The molecule has 0 aromatic carbocycles. The molecule has 0 saturated carbocycles. The predicted octanol–water partition coefficient (Wildman–Crippen LogP) is -2.94. The number of aliphatic carboxylic acids is 1. The van der Waals surface area contributed by atoms with Crippen molar-refractivity contribution in [3.63, 3.8) is 0 Å². The van der Waals surface area contributed by atoms with E-state index in [2.05, 4.69) is 35.3 Å². The van der Waals surface area contributed by atoms with Crippen LogP contribution in [0.2, 0.25) is 0 Å². The summed E-state index contributed by atoms with van der Waals surface area (Å²) in [5.74, 6) is -8.79. The first-order valence-electron chi connectivity index (χ1n) is 14.2. The number of amides is 2. The molecular formula is C25H37N6O16P. The molecule has 2 heterocycles. The van der Waals surface area contributed by atoms with Crippen molar-refractivity contribution in [3.05, 3.63) is 29.7 Å². The molecule has 5 unspecified atom stereocenters. The minimum absolute atomic E-state index is 0.0957. The topological polar surface area (TPSA) is 348 Å². The van der Waals surface area contributed by atoms with Gasteiger partial charge < -0.3 is 55.5 Å². The van der Waals surface area contributed by atoms with Crippen molar-refractivity contribution in [3.8, 4) is 0 Å². The lowest BCUT2D eigenvalue weighted by atomic mass is 10.1. The van der Waals surface area contributed by atoms with Crippen molar-refractivity contribution in [2.75, 3.05) is 13.2 Å². The third kappa shape index (κ3) is 13.3. The molecule has 268 valence electrons. The third-order valence-corrected chi connectivity index (χ3v) is 6.77. The molecule has 11 N–H and O–H groups in total. The number of aromatic nitrogens is 2. The molecule has 0 bridgehead atoms. The number of nitrogens with zero attached hydrogens (tertiary/aromatic N) is 1. The molecule has 2 amide bonds. The van der Waals surface area contributed by atoms with Crippen molar-refractivity contribution >= 4 is 43.5 Å². The molecule has 22 nitrogen and oxygen atoms in total. The molecule has 1 aliphatic rings. The van der Waals surface area contributed by atoms with E-state index in [1.54, 1.807) is 0 Å². The molecule has 0 fully saturated rings. The Hall–Kier alpha value is -4.60. The predicted molar refractivity (Wildman–Crippen MR) is 154 cm³/mol. The average molecular weight is 709 g/mol. The van der Waals surface area contributed by atoms with E-state index in [0.29, 0.717) is 25.1 Å².